The number of imide groups is 1. The second kappa shape index (κ2) is 4.89. The number of hydrogen-bond acceptors (Lipinski definition) is 2. The Morgan fingerprint density at radius 1 is 1.15 bits per heavy atom. The van der Waals surface area contributed by atoms with E-state index in [4.69, 9.17) is 0 Å². The van der Waals surface area contributed by atoms with Crippen LogP contribution in [-0.4, -0.2) is 16.7 Å². The van der Waals surface area contributed by atoms with Gasteiger partial charge in [0.05, 0.1) is 6.04 Å². The fourth-order valence-corrected chi connectivity index (χ4v) is 3.56. The number of rotatable bonds is 3. The van der Waals surface area contributed by atoms with Crippen LogP contribution in [0.15, 0.2) is 30.4 Å². The minimum absolute atomic E-state index is 0.0823. The molecule has 104 valence electrons. The summed E-state index contributed by atoms with van der Waals surface area (Å²) in [7, 11) is 0. The average Bonchev–Trinajstić information content (AvgIpc) is 2.98. The molecule has 0 aromatic heterocycles. The maximum atomic E-state index is 12.1. The van der Waals surface area contributed by atoms with Crippen LogP contribution in [0.1, 0.15) is 43.0 Å². The molecule has 3 heteroatoms. The summed E-state index contributed by atoms with van der Waals surface area (Å²) in [5, 5.41) is 0. The van der Waals surface area contributed by atoms with E-state index in [1.807, 2.05) is 0 Å². The summed E-state index contributed by atoms with van der Waals surface area (Å²) in [5.41, 5.74) is 3.77. The van der Waals surface area contributed by atoms with E-state index >= 15 is 0 Å². The Bertz CT molecular complexity index is 585. The highest BCUT2D eigenvalue weighted by molar-refractivity contribution is 6.13. The quantitative estimate of drug-likeness (QED) is 0.791. The fraction of sp³-hybridized carbons (Fsp3) is 0.412. The zero-order chi connectivity index (χ0) is 14.3. The van der Waals surface area contributed by atoms with E-state index in [-0.39, 0.29) is 17.9 Å². The van der Waals surface area contributed by atoms with Gasteiger partial charge in [-0.15, -0.1) is 0 Å². The van der Waals surface area contributed by atoms with Crippen LogP contribution >= 0.6 is 0 Å². The molecule has 0 N–H and O–H groups in total. The van der Waals surface area contributed by atoms with Gasteiger partial charge in [-0.05, 0) is 35.4 Å². The summed E-state index contributed by atoms with van der Waals surface area (Å²) in [6.45, 7) is 4.26. The van der Waals surface area contributed by atoms with E-state index in [0.717, 1.165) is 19.3 Å². The maximum absolute atomic E-state index is 12.1. The number of amides is 2. The monoisotopic (exact) mass is 269 g/mol. The van der Waals surface area contributed by atoms with Crippen LogP contribution in [0.2, 0.25) is 0 Å². The van der Waals surface area contributed by atoms with Gasteiger partial charge in [0.15, 0.2) is 0 Å². The summed E-state index contributed by atoms with van der Waals surface area (Å²) in [6, 6.07) is 6.25. The van der Waals surface area contributed by atoms with Crippen LogP contribution in [0.25, 0.3) is 0 Å². The first-order chi connectivity index (χ1) is 9.67. The number of hydrogen-bond donors (Lipinski definition) is 0. The molecule has 2 aliphatic rings. The molecule has 20 heavy (non-hydrogen) atoms. The van der Waals surface area contributed by atoms with E-state index in [9.17, 15) is 9.59 Å². The summed E-state index contributed by atoms with van der Waals surface area (Å²) < 4.78 is 0. The number of carbonyl (C=O) groups is 2. The van der Waals surface area contributed by atoms with Crippen LogP contribution in [0.3, 0.4) is 0 Å². The first kappa shape index (κ1) is 13.1. The van der Waals surface area contributed by atoms with Gasteiger partial charge >= 0.3 is 0 Å². The van der Waals surface area contributed by atoms with Crippen molar-refractivity contribution >= 4 is 11.8 Å². The second-order valence-electron chi connectivity index (χ2n) is 5.54. The first-order valence-corrected chi connectivity index (χ1v) is 7.33. The lowest BCUT2D eigenvalue weighted by Gasteiger charge is -2.29. The highest BCUT2D eigenvalue weighted by atomic mass is 16.2. The van der Waals surface area contributed by atoms with Gasteiger partial charge in [0, 0.05) is 12.2 Å². The zero-order valence-electron chi connectivity index (χ0n) is 11.9. The SMILES string of the molecule is CCc1cccc2c1[C@@H](N1C(=O)C=CC1=O)[C@@H](CC)C2. The molecule has 0 radical (unpaired) electrons. The third-order valence-electron chi connectivity index (χ3n) is 4.54. The zero-order valence-corrected chi connectivity index (χ0v) is 11.9. The maximum Gasteiger partial charge on any atom is 0.254 e. The molecule has 2 atom stereocenters. The summed E-state index contributed by atoms with van der Waals surface area (Å²) in [6.07, 6.45) is 5.64. The number of aryl methyl sites for hydroxylation is 1. The van der Waals surface area contributed by atoms with Crippen molar-refractivity contribution in [3.63, 3.8) is 0 Å². The number of benzene rings is 1. The lowest BCUT2D eigenvalue weighted by atomic mass is 9.93. The Hall–Kier alpha value is -1.90. The average molecular weight is 269 g/mol. The highest BCUT2D eigenvalue weighted by Crippen LogP contribution is 2.44. The molecule has 3 rings (SSSR count). The molecule has 1 aliphatic heterocycles. The first-order valence-electron chi connectivity index (χ1n) is 7.33. The second-order valence-corrected chi connectivity index (χ2v) is 5.54. The third kappa shape index (κ3) is 1.80. The Labute approximate surface area is 119 Å². The van der Waals surface area contributed by atoms with Gasteiger partial charge in [0.25, 0.3) is 11.8 Å². The molecule has 1 aromatic rings. The van der Waals surface area contributed by atoms with Crippen molar-refractivity contribution < 1.29 is 9.59 Å². The van der Waals surface area contributed by atoms with Gasteiger partial charge in [-0.25, -0.2) is 0 Å². The largest absolute Gasteiger partial charge is 0.269 e. The van der Waals surface area contributed by atoms with Gasteiger partial charge in [-0.3, -0.25) is 14.5 Å². The standard InChI is InChI=1S/C17H19NO2/c1-3-11-6-5-7-13-10-12(4-2)17(16(11)13)18-14(19)8-9-15(18)20/h5-9,12,17H,3-4,10H2,1-2H3/t12-,17-/m0/s1. The van der Waals surface area contributed by atoms with Gasteiger partial charge in [0.2, 0.25) is 0 Å². The van der Waals surface area contributed by atoms with Crippen molar-refractivity contribution in [3.8, 4) is 0 Å². The van der Waals surface area contributed by atoms with Crippen LogP contribution in [-0.2, 0) is 22.4 Å². The Balaban J connectivity index is 2.10. The molecule has 1 aliphatic carbocycles. The lowest BCUT2D eigenvalue weighted by molar-refractivity contribution is -0.140. The van der Waals surface area contributed by atoms with Crippen LogP contribution < -0.4 is 0 Å². The van der Waals surface area contributed by atoms with Crippen molar-refractivity contribution in [2.75, 3.05) is 0 Å². The molecule has 1 aromatic carbocycles. The number of fused-ring (bicyclic) bond motifs is 1. The number of nitrogens with zero attached hydrogens (tertiary/aromatic N) is 1. The fourth-order valence-electron chi connectivity index (χ4n) is 3.56. The van der Waals surface area contributed by atoms with Crippen molar-refractivity contribution in [1.82, 2.24) is 4.90 Å². The third-order valence-corrected chi connectivity index (χ3v) is 4.54. The summed E-state index contributed by atoms with van der Waals surface area (Å²) >= 11 is 0. The molecular weight excluding hydrogens is 250 g/mol. The molecule has 3 nitrogen and oxygen atoms in total. The van der Waals surface area contributed by atoms with E-state index in [1.165, 1.54) is 33.7 Å². The number of carbonyl (C=O) groups excluding carboxylic acids is 2. The smallest absolute Gasteiger partial charge is 0.254 e. The lowest BCUT2D eigenvalue weighted by Crippen LogP contribution is -2.36. The molecule has 1 heterocycles. The predicted octanol–water partition coefficient (Wildman–Crippen LogP) is 2.80. The van der Waals surface area contributed by atoms with Crippen LogP contribution in [0.5, 0.6) is 0 Å². The van der Waals surface area contributed by atoms with Crippen LogP contribution in [0.4, 0.5) is 0 Å². The van der Waals surface area contributed by atoms with E-state index < -0.39 is 0 Å². The molecule has 0 saturated heterocycles. The summed E-state index contributed by atoms with van der Waals surface area (Å²) in [4.78, 5) is 25.6. The molecular formula is C17H19NO2. The molecule has 0 unspecified atom stereocenters. The van der Waals surface area contributed by atoms with E-state index in [2.05, 4.69) is 32.0 Å². The van der Waals surface area contributed by atoms with Gasteiger partial charge in [0.1, 0.15) is 0 Å². The van der Waals surface area contributed by atoms with Gasteiger partial charge < -0.3 is 0 Å². The molecule has 0 spiro atoms. The van der Waals surface area contributed by atoms with Crippen molar-refractivity contribution in [1.29, 1.82) is 0 Å². The Kier molecular flexibility index (Phi) is 3.20. The Morgan fingerprint density at radius 3 is 2.45 bits per heavy atom. The summed E-state index contributed by atoms with van der Waals surface area (Å²) in [5.74, 6) is -0.0000813. The topological polar surface area (TPSA) is 37.4 Å². The normalized spacial score (nSPS) is 24.6. The van der Waals surface area contributed by atoms with Crippen LogP contribution in [0, 0.1) is 5.92 Å². The molecule has 0 saturated carbocycles. The minimum atomic E-state index is -0.169. The van der Waals surface area contributed by atoms with Gasteiger partial charge in [-0.2, -0.15) is 0 Å². The molecule has 0 bridgehead atoms. The Morgan fingerprint density at radius 2 is 1.85 bits per heavy atom. The van der Waals surface area contributed by atoms with E-state index in [0.29, 0.717) is 5.92 Å². The highest BCUT2D eigenvalue weighted by Gasteiger charge is 2.42. The van der Waals surface area contributed by atoms with Crippen molar-refractivity contribution in [3.05, 3.63) is 47.0 Å². The van der Waals surface area contributed by atoms with Gasteiger partial charge in [-0.1, -0.05) is 38.5 Å². The van der Waals surface area contributed by atoms with E-state index in [1.54, 1.807) is 0 Å². The molecule has 0 fully saturated rings. The molecule has 2 amide bonds. The predicted molar refractivity (Wildman–Crippen MR) is 77.0 cm³/mol. The van der Waals surface area contributed by atoms with Crippen molar-refractivity contribution in [2.24, 2.45) is 5.92 Å². The van der Waals surface area contributed by atoms with Crippen molar-refractivity contribution in [2.45, 2.75) is 39.2 Å². The minimum Gasteiger partial charge on any atom is -0.269 e.